The zero-order chi connectivity index (χ0) is 16.8. The molecule has 0 amide bonds. The predicted octanol–water partition coefficient (Wildman–Crippen LogP) is 2.64. The molecule has 0 saturated carbocycles. The SMILES string of the molecule is Cc1ccc(-n2cnc3c([nH]c4nccc(N(C)C)c43)c2=O)cc1. The zero-order valence-electron chi connectivity index (χ0n) is 13.7. The van der Waals surface area contributed by atoms with Crippen LogP contribution in [-0.2, 0) is 0 Å². The van der Waals surface area contributed by atoms with Gasteiger partial charge in [0.15, 0.2) is 0 Å². The number of nitrogens with zero attached hydrogens (tertiary/aromatic N) is 4. The Morgan fingerprint density at radius 3 is 2.54 bits per heavy atom. The number of fused-ring (bicyclic) bond motifs is 3. The van der Waals surface area contributed by atoms with Crippen LogP contribution in [0, 0.1) is 6.92 Å². The molecule has 0 aliphatic rings. The van der Waals surface area contributed by atoms with Gasteiger partial charge in [-0.05, 0) is 25.1 Å². The number of benzene rings is 1. The molecule has 6 nitrogen and oxygen atoms in total. The molecule has 0 fully saturated rings. The number of hydrogen-bond acceptors (Lipinski definition) is 4. The van der Waals surface area contributed by atoms with Gasteiger partial charge in [0.25, 0.3) is 5.56 Å². The maximum Gasteiger partial charge on any atom is 0.282 e. The first kappa shape index (κ1) is 14.4. The number of nitrogens with one attached hydrogen (secondary N) is 1. The number of pyridine rings is 1. The average molecular weight is 319 g/mol. The molecule has 4 aromatic rings. The fraction of sp³-hybridized carbons (Fsp3) is 0.167. The third kappa shape index (κ3) is 2.07. The Labute approximate surface area is 138 Å². The summed E-state index contributed by atoms with van der Waals surface area (Å²) in [5.74, 6) is 0. The van der Waals surface area contributed by atoms with E-state index in [0.717, 1.165) is 22.3 Å². The van der Waals surface area contributed by atoms with Crippen LogP contribution in [-0.4, -0.2) is 33.6 Å². The summed E-state index contributed by atoms with van der Waals surface area (Å²) < 4.78 is 1.55. The molecule has 3 heterocycles. The molecule has 0 saturated heterocycles. The van der Waals surface area contributed by atoms with Crippen LogP contribution in [0.25, 0.3) is 27.8 Å². The number of H-pyrrole nitrogens is 1. The Bertz CT molecular complexity index is 1110. The van der Waals surface area contributed by atoms with E-state index in [4.69, 9.17) is 0 Å². The summed E-state index contributed by atoms with van der Waals surface area (Å²) in [7, 11) is 3.92. The highest BCUT2D eigenvalue weighted by atomic mass is 16.1. The molecule has 0 aliphatic carbocycles. The normalized spacial score (nSPS) is 11.3. The smallest absolute Gasteiger partial charge is 0.282 e. The fourth-order valence-corrected chi connectivity index (χ4v) is 2.92. The van der Waals surface area contributed by atoms with E-state index in [2.05, 4.69) is 15.0 Å². The van der Waals surface area contributed by atoms with Crippen molar-refractivity contribution < 1.29 is 0 Å². The molecule has 24 heavy (non-hydrogen) atoms. The largest absolute Gasteiger partial charge is 0.377 e. The minimum absolute atomic E-state index is 0.133. The molecule has 6 heteroatoms. The van der Waals surface area contributed by atoms with Gasteiger partial charge >= 0.3 is 0 Å². The monoisotopic (exact) mass is 319 g/mol. The lowest BCUT2D eigenvalue weighted by molar-refractivity contribution is 0.959. The minimum Gasteiger partial charge on any atom is -0.377 e. The lowest BCUT2D eigenvalue weighted by Gasteiger charge is -2.13. The van der Waals surface area contributed by atoms with E-state index in [1.54, 1.807) is 17.1 Å². The van der Waals surface area contributed by atoms with Crippen molar-refractivity contribution in [1.82, 2.24) is 19.5 Å². The van der Waals surface area contributed by atoms with Gasteiger partial charge in [-0.1, -0.05) is 17.7 Å². The molecule has 4 rings (SSSR count). The maximum absolute atomic E-state index is 12.9. The van der Waals surface area contributed by atoms with Crippen molar-refractivity contribution in [3.05, 3.63) is 58.8 Å². The van der Waals surface area contributed by atoms with Gasteiger partial charge in [0, 0.05) is 20.3 Å². The number of rotatable bonds is 2. The van der Waals surface area contributed by atoms with Gasteiger partial charge in [0.05, 0.1) is 16.8 Å². The Kier molecular flexibility index (Phi) is 3.13. The van der Waals surface area contributed by atoms with Gasteiger partial charge < -0.3 is 9.88 Å². The second-order valence-corrected chi connectivity index (χ2v) is 6.05. The highest BCUT2D eigenvalue weighted by Gasteiger charge is 2.16. The van der Waals surface area contributed by atoms with Crippen LogP contribution in [0.15, 0.2) is 47.7 Å². The van der Waals surface area contributed by atoms with E-state index in [1.165, 1.54) is 0 Å². The first-order valence-corrected chi connectivity index (χ1v) is 7.68. The summed E-state index contributed by atoms with van der Waals surface area (Å²) >= 11 is 0. The van der Waals surface area contributed by atoms with E-state index >= 15 is 0 Å². The van der Waals surface area contributed by atoms with Crippen molar-refractivity contribution in [2.24, 2.45) is 0 Å². The van der Waals surface area contributed by atoms with Crippen LogP contribution < -0.4 is 10.5 Å². The second-order valence-electron chi connectivity index (χ2n) is 6.05. The van der Waals surface area contributed by atoms with Crippen LogP contribution in [0.4, 0.5) is 5.69 Å². The quantitative estimate of drug-likeness (QED) is 0.617. The van der Waals surface area contributed by atoms with Crippen LogP contribution in [0.2, 0.25) is 0 Å². The van der Waals surface area contributed by atoms with Gasteiger partial charge in [-0.2, -0.15) is 0 Å². The van der Waals surface area contributed by atoms with Crippen molar-refractivity contribution in [3.63, 3.8) is 0 Å². The molecule has 0 atom stereocenters. The first-order chi connectivity index (χ1) is 11.6. The van der Waals surface area contributed by atoms with Crippen molar-refractivity contribution in [1.29, 1.82) is 0 Å². The standard InChI is InChI=1S/C18H17N5O/c1-11-4-6-12(7-5-11)23-10-20-15-14-13(22(2)3)8-9-19-17(14)21-16(15)18(23)24/h4-10H,1-3H3,(H,19,21). The zero-order valence-corrected chi connectivity index (χ0v) is 13.7. The van der Waals surface area contributed by atoms with Crippen LogP contribution in [0.1, 0.15) is 5.56 Å². The molecular formula is C18H17N5O. The third-order valence-electron chi connectivity index (χ3n) is 4.17. The predicted molar refractivity (Wildman–Crippen MR) is 96.1 cm³/mol. The number of aryl methyl sites for hydroxylation is 1. The molecule has 0 bridgehead atoms. The minimum atomic E-state index is -0.133. The topological polar surface area (TPSA) is 66.8 Å². The van der Waals surface area contributed by atoms with Crippen LogP contribution >= 0.6 is 0 Å². The maximum atomic E-state index is 12.9. The summed E-state index contributed by atoms with van der Waals surface area (Å²) in [4.78, 5) is 26.9. The van der Waals surface area contributed by atoms with E-state index in [1.807, 2.05) is 56.3 Å². The summed E-state index contributed by atoms with van der Waals surface area (Å²) in [6.45, 7) is 2.01. The summed E-state index contributed by atoms with van der Waals surface area (Å²) in [6, 6.07) is 9.70. The number of anilines is 1. The Balaban J connectivity index is 2.04. The van der Waals surface area contributed by atoms with E-state index in [-0.39, 0.29) is 5.56 Å². The van der Waals surface area contributed by atoms with E-state index in [9.17, 15) is 4.79 Å². The van der Waals surface area contributed by atoms with Gasteiger partial charge in [-0.15, -0.1) is 0 Å². The Hall–Kier alpha value is -3.15. The van der Waals surface area contributed by atoms with Crippen molar-refractivity contribution in [3.8, 4) is 5.69 Å². The molecule has 0 spiro atoms. The van der Waals surface area contributed by atoms with Gasteiger partial charge in [-0.25, -0.2) is 9.97 Å². The summed E-state index contributed by atoms with van der Waals surface area (Å²) in [6.07, 6.45) is 3.31. The molecule has 120 valence electrons. The lowest BCUT2D eigenvalue weighted by atomic mass is 10.2. The van der Waals surface area contributed by atoms with Crippen molar-refractivity contribution >= 4 is 27.8 Å². The average Bonchev–Trinajstić information content (AvgIpc) is 2.96. The number of aromatic amines is 1. The van der Waals surface area contributed by atoms with Gasteiger partial charge in [0.2, 0.25) is 0 Å². The third-order valence-corrected chi connectivity index (χ3v) is 4.17. The highest BCUT2D eigenvalue weighted by Crippen LogP contribution is 2.29. The van der Waals surface area contributed by atoms with Crippen molar-refractivity contribution in [2.75, 3.05) is 19.0 Å². The Morgan fingerprint density at radius 1 is 1.08 bits per heavy atom. The fourth-order valence-electron chi connectivity index (χ4n) is 2.92. The van der Waals surface area contributed by atoms with Gasteiger partial charge in [0.1, 0.15) is 23.0 Å². The second kappa shape index (κ2) is 5.19. The molecule has 1 N–H and O–H groups in total. The molecular weight excluding hydrogens is 302 g/mol. The van der Waals surface area contributed by atoms with Crippen LogP contribution in [0.3, 0.4) is 0 Å². The highest BCUT2D eigenvalue weighted by molar-refractivity contribution is 6.09. The molecule has 1 aromatic carbocycles. The van der Waals surface area contributed by atoms with E-state index in [0.29, 0.717) is 16.7 Å². The summed E-state index contributed by atoms with van der Waals surface area (Å²) in [5.41, 5.74) is 4.57. The first-order valence-electron chi connectivity index (χ1n) is 7.68. The van der Waals surface area contributed by atoms with Crippen molar-refractivity contribution in [2.45, 2.75) is 6.92 Å². The van der Waals surface area contributed by atoms with Crippen LogP contribution in [0.5, 0.6) is 0 Å². The summed E-state index contributed by atoms with van der Waals surface area (Å²) in [5, 5.41) is 0.866. The Morgan fingerprint density at radius 2 is 1.83 bits per heavy atom. The molecule has 0 unspecified atom stereocenters. The lowest BCUT2D eigenvalue weighted by Crippen LogP contribution is -2.18. The number of hydrogen-bond donors (Lipinski definition) is 1. The van der Waals surface area contributed by atoms with Gasteiger partial charge in [-0.3, -0.25) is 9.36 Å². The van der Waals surface area contributed by atoms with E-state index < -0.39 is 0 Å². The molecule has 0 radical (unpaired) electrons. The number of aromatic nitrogens is 4. The molecule has 0 aliphatic heterocycles. The molecule has 3 aromatic heterocycles.